The highest BCUT2D eigenvalue weighted by Gasteiger charge is 2.13. The van der Waals surface area contributed by atoms with E-state index >= 15 is 0 Å². The largest absolute Gasteiger partial charge is 0.306 e. The highest BCUT2D eigenvalue weighted by atomic mass is 35.5. The Morgan fingerprint density at radius 2 is 1.80 bits per heavy atom. The molecule has 2 aromatic carbocycles. The van der Waals surface area contributed by atoms with Crippen LogP contribution >= 0.6 is 11.6 Å². The Hall–Kier alpha value is -2.55. The van der Waals surface area contributed by atoms with E-state index in [1.54, 1.807) is 47.1 Å². The Balaban J connectivity index is 1.98. The van der Waals surface area contributed by atoms with Crippen molar-refractivity contribution in [3.8, 4) is 16.9 Å². The molecule has 128 valence electrons. The summed E-state index contributed by atoms with van der Waals surface area (Å²) in [6.07, 6.45) is 0. The van der Waals surface area contributed by atoms with Crippen molar-refractivity contribution >= 4 is 28.4 Å². The van der Waals surface area contributed by atoms with Crippen LogP contribution in [-0.4, -0.2) is 23.5 Å². The molecule has 7 nitrogen and oxygen atoms in total. The zero-order chi connectivity index (χ0) is 18.0. The number of non-ortho nitro benzene ring substituents is 1. The predicted molar refractivity (Wildman–Crippen MR) is 95.1 cm³/mol. The van der Waals surface area contributed by atoms with E-state index in [2.05, 4.69) is 5.10 Å². The Bertz CT molecular complexity index is 939. The zero-order valence-corrected chi connectivity index (χ0v) is 14.3. The first-order chi connectivity index (χ1) is 11.9. The van der Waals surface area contributed by atoms with Gasteiger partial charge in [0.25, 0.3) is 5.69 Å². The normalized spacial score (nSPS) is 12.1. The molecule has 0 spiro atoms. The van der Waals surface area contributed by atoms with E-state index in [1.165, 1.54) is 12.1 Å². The van der Waals surface area contributed by atoms with Gasteiger partial charge in [-0.3, -0.25) is 10.1 Å². The van der Waals surface area contributed by atoms with Crippen molar-refractivity contribution in [3.05, 3.63) is 75.4 Å². The molecule has 0 radical (unpaired) electrons. The van der Waals surface area contributed by atoms with Crippen molar-refractivity contribution in [3.63, 3.8) is 0 Å². The van der Waals surface area contributed by atoms with Gasteiger partial charge in [0, 0.05) is 23.8 Å². The fourth-order valence-corrected chi connectivity index (χ4v) is 3.04. The fourth-order valence-electron chi connectivity index (χ4n) is 2.38. The first-order valence-corrected chi connectivity index (χ1v) is 8.76. The molecule has 3 rings (SSSR count). The number of hydrogen-bond donors (Lipinski definition) is 1. The van der Waals surface area contributed by atoms with Gasteiger partial charge in [-0.1, -0.05) is 35.9 Å². The van der Waals surface area contributed by atoms with Gasteiger partial charge in [-0.2, -0.15) is 5.10 Å². The van der Waals surface area contributed by atoms with E-state index in [-0.39, 0.29) is 16.6 Å². The van der Waals surface area contributed by atoms with Gasteiger partial charge in [0.2, 0.25) is 0 Å². The van der Waals surface area contributed by atoms with Crippen molar-refractivity contribution in [1.82, 2.24) is 9.78 Å². The number of nitrogens with zero attached hydrogens (tertiary/aromatic N) is 3. The molecule has 0 fully saturated rings. The molecular weight excluding hydrogens is 366 g/mol. The Labute approximate surface area is 150 Å². The molecule has 1 heterocycles. The second-order valence-corrected chi connectivity index (χ2v) is 6.52. The third kappa shape index (κ3) is 3.93. The van der Waals surface area contributed by atoms with Crippen LogP contribution in [0.1, 0.15) is 5.56 Å². The molecule has 9 heteroatoms. The summed E-state index contributed by atoms with van der Waals surface area (Å²) in [6, 6.07) is 14.8. The minimum Gasteiger partial charge on any atom is -0.306 e. The highest BCUT2D eigenvalue weighted by Crippen LogP contribution is 2.27. The predicted octanol–water partition coefficient (Wildman–Crippen LogP) is 3.82. The molecule has 0 aliphatic rings. The van der Waals surface area contributed by atoms with Gasteiger partial charge in [-0.25, -0.2) is 8.89 Å². The topological polar surface area (TPSA) is 98.3 Å². The second kappa shape index (κ2) is 7.14. The van der Waals surface area contributed by atoms with Gasteiger partial charge in [-0.15, -0.1) is 0 Å². The summed E-state index contributed by atoms with van der Waals surface area (Å²) >= 11 is 4.14. The van der Waals surface area contributed by atoms with Gasteiger partial charge in [-0.05, 0) is 17.7 Å². The molecule has 25 heavy (non-hydrogen) atoms. The summed E-state index contributed by atoms with van der Waals surface area (Å²) in [4.78, 5) is 10.3. The summed E-state index contributed by atoms with van der Waals surface area (Å²) in [6.45, 7) is 0. The maximum atomic E-state index is 10.9. The van der Waals surface area contributed by atoms with Crippen LogP contribution in [0.25, 0.3) is 16.9 Å². The first kappa shape index (κ1) is 17.3. The molecule has 0 saturated carbocycles. The van der Waals surface area contributed by atoms with Crippen LogP contribution < -0.4 is 0 Å². The first-order valence-electron chi connectivity index (χ1n) is 7.11. The number of nitro groups is 1. The average molecular weight is 378 g/mol. The van der Waals surface area contributed by atoms with Crippen LogP contribution in [0, 0.1) is 10.1 Å². The van der Waals surface area contributed by atoms with Crippen LogP contribution in [0.2, 0.25) is 5.15 Å². The van der Waals surface area contributed by atoms with Crippen molar-refractivity contribution in [1.29, 1.82) is 0 Å². The van der Waals surface area contributed by atoms with Gasteiger partial charge < -0.3 is 4.55 Å². The van der Waals surface area contributed by atoms with Crippen LogP contribution in [0.4, 0.5) is 5.69 Å². The zero-order valence-electron chi connectivity index (χ0n) is 12.7. The molecule has 1 aromatic heterocycles. The number of benzene rings is 2. The van der Waals surface area contributed by atoms with E-state index in [1.807, 2.05) is 0 Å². The third-order valence-corrected chi connectivity index (χ3v) is 4.29. The lowest BCUT2D eigenvalue weighted by Crippen LogP contribution is -2.00. The summed E-state index contributed by atoms with van der Waals surface area (Å²) in [5.74, 6) is 0.0582. The molecule has 0 aliphatic carbocycles. The smallest absolute Gasteiger partial charge is 0.269 e. The molecule has 0 bridgehead atoms. The monoisotopic (exact) mass is 377 g/mol. The lowest BCUT2D eigenvalue weighted by Gasteiger charge is -2.08. The Morgan fingerprint density at radius 1 is 1.16 bits per heavy atom. The van der Waals surface area contributed by atoms with Gasteiger partial charge in [0.1, 0.15) is 0 Å². The summed E-state index contributed by atoms with van der Waals surface area (Å²) < 4.78 is 21.4. The number of aromatic nitrogens is 2. The lowest BCUT2D eigenvalue weighted by molar-refractivity contribution is -0.384. The maximum absolute atomic E-state index is 10.9. The van der Waals surface area contributed by atoms with Crippen LogP contribution in [-0.2, 0) is 16.8 Å². The van der Waals surface area contributed by atoms with Gasteiger partial charge >= 0.3 is 0 Å². The molecule has 1 atom stereocenters. The van der Waals surface area contributed by atoms with Crippen LogP contribution in [0.3, 0.4) is 0 Å². The van der Waals surface area contributed by atoms with Crippen molar-refractivity contribution < 1.29 is 13.7 Å². The molecular formula is C16H12ClN3O4S. The second-order valence-electron chi connectivity index (χ2n) is 5.20. The molecule has 3 aromatic rings. The standard InChI is InChI=1S/C16H12ClN3O4S/c17-16-9-15(12-3-1-11(2-4-12)10-25(23)24)19(18-16)13-5-7-14(8-6-13)20(21)22/h1-9H,10H2,(H,23,24). The summed E-state index contributed by atoms with van der Waals surface area (Å²) in [7, 11) is 0. The van der Waals surface area contributed by atoms with Gasteiger partial charge in [0.05, 0.1) is 22.1 Å². The minimum absolute atomic E-state index is 0.00934. The number of halogens is 1. The minimum atomic E-state index is -1.90. The van der Waals surface area contributed by atoms with E-state index < -0.39 is 16.0 Å². The average Bonchev–Trinajstić information content (AvgIpc) is 2.97. The van der Waals surface area contributed by atoms with E-state index in [4.69, 9.17) is 16.2 Å². The number of hydrogen-bond acceptors (Lipinski definition) is 4. The molecule has 0 amide bonds. The molecule has 0 saturated heterocycles. The van der Waals surface area contributed by atoms with Crippen molar-refractivity contribution in [2.24, 2.45) is 0 Å². The highest BCUT2D eigenvalue weighted by molar-refractivity contribution is 7.78. The number of nitro benzene ring substituents is 1. The van der Waals surface area contributed by atoms with E-state index in [0.717, 1.165) is 11.1 Å². The number of rotatable bonds is 5. The van der Waals surface area contributed by atoms with Crippen LogP contribution in [0.15, 0.2) is 54.6 Å². The van der Waals surface area contributed by atoms with Gasteiger partial charge in [0.15, 0.2) is 16.2 Å². The maximum Gasteiger partial charge on any atom is 0.269 e. The van der Waals surface area contributed by atoms with E-state index in [0.29, 0.717) is 11.4 Å². The van der Waals surface area contributed by atoms with Crippen molar-refractivity contribution in [2.45, 2.75) is 5.75 Å². The Morgan fingerprint density at radius 3 is 2.36 bits per heavy atom. The Kier molecular flexibility index (Phi) is 4.93. The quantitative estimate of drug-likeness (QED) is 0.414. The summed E-state index contributed by atoms with van der Waals surface area (Å²) in [5, 5.41) is 15.3. The molecule has 0 aliphatic heterocycles. The lowest BCUT2D eigenvalue weighted by atomic mass is 10.1. The van der Waals surface area contributed by atoms with E-state index in [9.17, 15) is 14.3 Å². The van der Waals surface area contributed by atoms with Crippen molar-refractivity contribution in [2.75, 3.05) is 0 Å². The molecule has 1 N–H and O–H groups in total. The summed E-state index contributed by atoms with van der Waals surface area (Å²) in [5.41, 5.74) is 2.87. The molecule has 1 unspecified atom stereocenters. The SMILES string of the molecule is O=[N+]([O-])c1ccc(-n2nc(Cl)cc2-c2ccc(CS(=O)O)cc2)cc1. The fraction of sp³-hybridized carbons (Fsp3) is 0.0625. The van der Waals surface area contributed by atoms with Crippen LogP contribution in [0.5, 0.6) is 0 Å². The third-order valence-electron chi connectivity index (χ3n) is 3.52.